The number of fused-ring (bicyclic) bond motifs is 1. The Balaban J connectivity index is 1.41. The molecule has 1 aliphatic heterocycles. The summed E-state index contributed by atoms with van der Waals surface area (Å²) in [4.78, 5) is 141. The Bertz CT molecular complexity index is 3020. The fourth-order valence-electron chi connectivity index (χ4n) is 8.63. The quantitative estimate of drug-likeness (QED) is 0.0201. The maximum absolute atomic E-state index is 14.8. The fourth-order valence-corrected chi connectivity index (χ4v) is 11.0. The van der Waals surface area contributed by atoms with Gasteiger partial charge in [0, 0.05) is 66.3 Å². The lowest BCUT2D eigenvalue weighted by molar-refractivity contribution is -0.145. The molecular formula is C54H69N15O11S2. The van der Waals surface area contributed by atoms with E-state index in [1.165, 1.54) is 19.4 Å². The Labute approximate surface area is 479 Å². The lowest BCUT2D eigenvalue weighted by atomic mass is 10.0. The van der Waals surface area contributed by atoms with Gasteiger partial charge in [-0.15, -0.1) is 0 Å². The Morgan fingerprint density at radius 1 is 0.720 bits per heavy atom. The summed E-state index contributed by atoms with van der Waals surface area (Å²) in [5, 5.41) is 41.9. The topological polar surface area (TPSA) is 425 Å². The first kappa shape index (κ1) is 62.7. The molecule has 5 aromatic rings. The molecule has 26 nitrogen and oxygen atoms in total. The van der Waals surface area contributed by atoms with Crippen LogP contribution in [0.15, 0.2) is 109 Å². The molecule has 8 amide bonds. The van der Waals surface area contributed by atoms with E-state index < -0.39 is 114 Å². The second kappa shape index (κ2) is 30.9. The van der Waals surface area contributed by atoms with Gasteiger partial charge in [0.1, 0.15) is 42.3 Å². The third-order valence-corrected chi connectivity index (χ3v) is 15.5. The number of carbonyl (C=O) groups excluding carboxylic acids is 8. The molecule has 28 heteroatoms. The summed E-state index contributed by atoms with van der Waals surface area (Å²) in [6.07, 6.45) is 2.52. The van der Waals surface area contributed by atoms with Crippen molar-refractivity contribution in [3.63, 3.8) is 0 Å². The van der Waals surface area contributed by atoms with E-state index in [0.29, 0.717) is 22.2 Å². The number of amides is 8. The number of benzene rings is 3. The van der Waals surface area contributed by atoms with Gasteiger partial charge in [0.05, 0.1) is 18.5 Å². The Kier molecular flexibility index (Phi) is 23.7. The highest BCUT2D eigenvalue weighted by Gasteiger charge is 2.36. The first-order valence-electron chi connectivity index (χ1n) is 26.3. The highest BCUT2D eigenvalue weighted by atomic mass is 33.1. The number of guanidine groups is 1. The Morgan fingerprint density at radius 2 is 1.30 bits per heavy atom. The van der Waals surface area contributed by atoms with Gasteiger partial charge in [-0.3, -0.25) is 43.3 Å². The number of aliphatic hydroxyl groups is 1. The third kappa shape index (κ3) is 19.1. The molecule has 0 saturated carbocycles. The van der Waals surface area contributed by atoms with E-state index in [0.717, 1.165) is 39.6 Å². The van der Waals surface area contributed by atoms with Crippen molar-refractivity contribution in [1.82, 2.24) is 57.5 Å². The molecule has 1 fully saturated rings. The molecular weight excluding hydrogens is 1100 g/mol. The van der Waals surface area contributed by atoms with Crippen molar-refractivity contribution in [2.24, 2.45) is 22.2 Å². The van der Waals surface area contributed by atoms with Gasteiger partial charge in [-0.25, -0.2) is 9.78 Å². The number of carboxylic acids is 1. The number of imidazole rings is 1. The number of carbonyl (C=O) groups is 9. The van der Waals surface area contributed by atoms with Gasteiger partial charge in [0.25, 0.3) is 0 Å². The number of nitrogens with two attached hydrogens (primary N) is 3. The first-order valence-corrected chi connectivity index (χ1v) is 28.7. The molecule has 0 spiro atoms. The number of carboxylic acid groups (broad SMARTS) is 1. The van der Waals surface area contributed by atoms with Crippen LogP contribution in [-0.4, -0.2) is 163 Å². The normalized spacial score (nSPS) is 22.1. The van der Waals surface area contributed by atoms with Crippen molar-refractivity contribution in [1.29, 1.82) is 0 Å². The minimum atomic E-state index is -1.81. The number of aliphatic carboxylic acids is 1. The van der Waals surface area contributed by atoms with Crippen LogP contribution in [0.2, 0.25) is 0 Å². The number of H-pyrrole nitrogens is 2. The van der Waals surface area contributed by atoms with Crippen LogP contribution in [0.4, 0.5) is 0 Å². The van der Waals surface area contributed by atoms with Gasteiger partial charge in [0.15, 0.2) is 12.0 Å². The van der Waals surface area contributed by atoms with Crippen LogP contribution in [0.25, 0.3) is 10.9 Å². The largest absolute Gasteiger partial charge is 0.480 e. The number of aromatic amines is 2. The number of hydrogen-bond acceptors (Lipinski definition) is 15. The number of para-hydroxylation sites is 1. The molecule has 1 aliphatic rings. The zero-order valence-corrected chi connectivity index (χ0v) is 46.6. The fraction of sp³-hybridized carbons (Fsp3) is 0.389. The molecule has 10 atom stereocenters. The number of aliphatic hydroxyl groups excluding tert-OH is 1. The predicted molar refractivity (Wildman–Crippen MR) is 308 cm³/mol. The second-order valence-electron chi connectivity index (χ2n) is 19.5. The summed E-state index contributed by atoms with van der Waals surface area (Å²) in [7, 11) is 1.89. The standard InChI is InChI=1S/C54H69N15O11S2/c1-29-45(71)67-43(52(78)69-44(30(2)70)53(79)80)27-82-81-26-42(68-46(72)36(55)20-31-12-5-3-6-13-31)51(77)66-41(23-34-25-58-28-61-34)50(76)64-39(21-32-14-7-4-8-15-32)49(75)63-38(18-11-19-59-54(56)57)47(73)65-40(48(74)62-29)22-33-24-60-37-17-10-9-16-35(33)37/h3-10,12-17,24-25,28-30,36,38-44,60,70H,11,18-23,26-27,55H2,1-2H3,(H,58,61)(H,62,74)(H,63,75)(H,64,76)(H,65,73)(H,66,77)(H,67,71)(H,68,72)(H,69,78)(H,79,80)(H4,56,57,59)/t29-,30+,36+,38-,39+,40-,41-,42-,43+,44-/m0/s1. The molecule has 0 bridgehead atoms. The summed E-state index contributed by atoms with van der Waals surface area (Å²) in [6.45, 7) is 2.48. The average molecular weight is 1170 g/mol. The summed E-state index contributed by atoms with van der Waals surface area (Å²) >= 11 is 0. The van der Waals surface area contributed by atoms with Crippen molar-refractivity contribution in [2.75, 3.05) is 18.1 Å². The average Bonchev–Trinajstić information content (AvgIpc) is 4.15. The minimum absolute atomic E-state index is 0.0272. The van der Waals surface area contributed by atoms with Gasteiger partial charge in [0.2, 0.25) is 47.3 Å². The molecule has 3 aromatic carbocycles. The maximum atomic E-state index is 14.8. The van der Waals surface area contributed by atoms with Crippen LogP contribution >= 0.6 is 21.6 Å². The smallest absolute Gasteiger partial charge is 0.328 e. The van der Waals surface area contributed by atoms with Crippen LogP contribution in [0.5, 0.6) is 0 Å². The van der Waals surface area contributed by atoms with Crippen LogP contribution in [0.1, 0.15) is 49.1 Å². The predicted octanol–water partition coefficient (Wildman–Crippen LogP) is -1.70. The number of aliphatic imine (C=N–C) groups is 1. The number of hydrogen-bond donors (Lipinski definition) is 15. The van der Waals surface area contributed by atoms with Gasteiger partial charge in [-0.05, 0) is 55.9 Å². The van der Waals surface area contributed by atoms with Crippen molar-refractivity contribution < 1.29 is 53.4 Å². The van der Waals surface area contributed by atoms with Gasteiger partial charge < -0.3 is 79.9 Å². The van der Waals surface area contributed by atoms with Crippen molar-refractivity contribution in [3.8, 4) is 0 Å². The van der Waals surface area contributed by atoms with E-state index in [1.807, 2.05) is 6.07 Å². The zero-order chi connectivity index (χ0) is 59.3. The summed E-state index contributed by atoms with van der Waals surface area (Å²) in [5.74, 6) is -9.34. The molecule has 1 saturated heterocycles. The molecule has 18 N–H and O–H groups in total. The van der Waals surface area contributed by atoms with Crippen molar-refractivity contribution in [3.05, 3.63) is 126 Å². The van der Waals surface area contributed by atoms with Gasteiger partial charge >= 0.3 is 5.97 Å². The van der Waals surface area contributed by atoms with Crippen molar-refractivity contribution >= 4 is 91.7 Å². The number of rotatable bonds is 18. The van der Waals surface area contributed by atoms with E-state index in [4.69, 9.17) is 17.2 Å². The van der Waals surface area contributed by atoms with Crippen LogP contribution in [0, 0.1) is 0 Å². The van der Waals surface area contributed by atoms with E-state index in [9.17, 15) is 53.4 Å². The van der Waals surface area contributed by atoms with E-state index in [1.54, 1.807) is 85.1 Å². The van der Waals surface area contributed by atoms with Gasteiger partial charge in [-0.1, -0.05) is 100 Å². The molecule has 3 heterocycles. The number of aromatic nitrogens is 3. The Hall–Kier alpha value is -8.47. The third-order valence-electron chi connectivity index (χ3n) is 13.1. The second-order valence-corrected chi connectivity index (χ2v) is 22.1. The van der Waals surface area contributed by atoms with E-state index >= 15 is 0 Å². The highest BCUT2D eigenvalue weighted by Crippen LogP contribution is 2.24. The number of nitrogens with zero attached hydrogens (tertiary/aromatic N) is 2. The van der Waals surface area contributed by atoms with Crippen molar-refractivity contribution in [2.45, 2.75) is 113 Å². The SMILES string of the molecule is C[C@@H]1NC(=O)[C@H](Cc2c[nH]c3ccccc23)NC(=O)[C@H](CCCN=C(N)N)NC(=O)[C@@H](Cc2ccccc2)NC(=O)[C@H](Cc2cnc[nH]2)NC(=O)[C@@H](NC(=O)[C@H](N)Cc2ccccc2)CSSC[C@H](C(=O)N[C@H](C(=O)O)[C@@H](C)O)NC1=O. The van der Waals surface area contributed by atoms with E-state index in [2.05, 4.69) is 62.5 Å². The molecule has 6 rings (SSSR count). The summed E-state index contributed by atoms with van der Waals surface area (Å²) in [6, 6.07) is 11.7. The molecule has 0 aliphatic carbocycles. The van der Waals surface area contributed by atoms with Crippen LogP contribution < -0.4 is 59.7 Å². The molecule has 82 heavy (non-hydrogen) atoms. The molecule has 0 unspecified atom stereocenters. The van der Waals surface area contributed by atoms with E-state index in [-0.39, 0.29) is 62.5 Å². The molecule has 438 valence electrons. The summed E-state index contributed by atoms with van der Waals surface area (Å²) < 4.78 is 0. The lowest BCUT2D eigenvalue weighted by Crippen LogP contribution is -2.61. The minimum Gasteiger partial charge on any atom is -0.480 e. The van der Waals surface area contributed by atoms with Gasteiger partial charge in [-0.2, -0.15) is 0 Å². The monoisotopic (exact) mass is 1170 g/mol. The zero-order valence-electron chi connectivity index (χ0n) is 45.0. The van der Waals surface area contributed by atoms with Crippen LogP contribution in [-0.2, 0) is 68.8 Å². The van der Waals surface area contributed by atoms with Crippen LogP contribution in [0.3, 0.4) is 0 Å². The Morgan fingerprint density at radius 3 is 1.95 bits per heavy atom. The molecule has 2 aromatic heterocycles. The highest BCUT2D eigenvalue weighted by molar-refractivity contribution is 8.76. The summed E-state index contributed by atoms with van der Waals surface area (Å²) in [5.41, 5.74) is 20.6. The maximum Gasteiger partial charge on any atom is 0.328 e. The molecule has 0 radical (unpaired) electrons. The first-order chi connectivity index (χ1) is 39.3. The number of nitrogens with one attached hydrogen (secondary N) is 10. The lowest BCUT2D eigenvalue weighted by Gasteiger charge is -2.27.